The summed E-state index contributed by atoms with van der Waals surface area (Å²) in [6.45, 7) is 2.17. The summed E-state index contributed by atoms with van der Waals surface area (Å²) >= 11 is 0. The number of nitrogens with zero attached hydrogens (tertiary/aromatic N) is 1. The molecular formula is C10H17N3O. The van der Waals surface area contributed by atoms with Crippen molar-refractivity contribution in [2.45, 2.75) is 25.4 Å². The predicted molar refractivity (Wildman–Crippen MR) is 53.8 cm³/mol. The SMILES string of the molecule is OC(CC1CCNCC1)c1ccn[nH]1. The Hall–Kier alpha value is -0.870. The molecule has 78 valence electrons. The third-order valence-corrected chi connectivity index (χ3v) is 2.90. The summed E-state index contributed by atoms with van der Waals surface area (Å²) in [5, 5.41) is 19.8. The molecule has 1 saturated heterocycles. The Morgan fingerprint density at radius 1 is 1.50 bits per heavy atom. The van der Waals surface area contributed by atoms with Crippen LogP contribution in [0.5, 0.6) is 0 Å². The number of aliphatic hydroxyl groups excluding tert-OH is 1. The van der Waals surface area contributed by atoms with Gasteiger partial charge in [0, 0.05) is 6.20 Å². The summed E-state index contributed by atoms with van der Waals surface area (Å²) in [6.07, 6.45) is 4.50. The van der Waals surface area contributed by atoms with E-state index in [1.807, 2.05) is 6.07 Å². The highest BCUT2D eigenvalue weighted by atomic mass is 16.3. The first kappa shape index (κ1) is 9.68. The molecular weight excluding hydrogens is 178 g/mol. The zero-order chi connectivity index (χ0) is 9.80. The first-order chi connectivity index (χ1) is 6.86. The van der Waals surface area contributed by atoms with E-state index in [9.17, 15) is 5.11 Å². The van der Waals surface area contributed by atoms with Crippen molar-refractivity contribution >= 4 is 0 Å². The molecule has 1 aliphatic rings. The summed E-state index contributed by atoms with van der Waals surface area (Å²) in [6, 6.07) is 1.84. The van der Waals surface area contributed by atoms with Gasteiger partial charge in [0.1, 0.15) is 0 Å². The zero-order valence-electron chi connectivity index (χ0n) is 8.24. The van der Waals surface area contributed by atoms with Crippen LogP contribution in [0.2, 0.25) is 0 Å². The van der Waals surface area contributed by atoms with E-state index in [-0.39, 0.29) is 6.10 Å². The minimum Gasteiger partial charge on any atom is -0.387 e. The highest BCUT2D eigenvalue weighted by Crippen LogP contribution is 2.24. The van der Waals surface area contributed by atoms with Crippen molar-refractivity contribution in [3.8, 4) is 0 Å². The fourth-order valence-electron chi connectivity index (χ4n) is 2.01. The molecule has 0 spiro atoms. The Balaban J connectivity index is 1.84. The average molecular weight is 195 g/mol. The maximum Gasteiger partial charge on any atom is 0.0956 e. The van der Waals surface area contributed by atoms with Crippen LogP contribution in [-0.4, -0.2) is 28.4 Å². The normalized spacial score (nSPS) is 20.9. The van der Waals surface area contributed by atoms with Crippen molar-refractivity contribution < 1.29 is 5.11 Å². The third kappa shape index (κ3) is 2.33. The predicted octanol–water partition coefficient (Wildman–Crippen LogP) is 0.833. The first-order valence-electron chi connectivity index (χ1n) is 5.24. The first-order valence-corrected chi connectivity index (χ1v) is 5.24. The maximum atomic E-state index is 9.87. The Morgan fingerprint density at radius 2 is 2.29 bits per heavy atom. The van der Waals surface area contributed by atoms with Crippen LogP contribution in [0.1, 0.15) is 31.1 Å². The summed E-state index contributed by atoms with van der Waals surface area (Å²) < 4.78 is 0. The molecule has 1 aromatic rings. The lowest BCUT2D eigenvalue weighted by atomic mass is 9.91. The molecule has 4 nitrogen and oxygen atoms in total. The number of hydrogen-bond acceptors (Lipinski definition) is 3. The molecule has 1 unspecified atom stereocenters. The van der Waals surface area contributed by atoms with Crippen LogP contribution in [0.4, 0.5) is 0 Å². The third-order valence-electron chi connectivity index (χ3n) is 2.90. The molecule has 3 N–H and O–H groups in total. The standard InChI is InChI=1S/C10H17N3O/c14-10(9-3-6-12-13-9)7-8-1-4-11-5-2-8/h3,6,8,10-11,14H,1-2,4-5,7H2,(H,12,13). The van der Waals surface area contributed by atoms with E-state index in [1.54, 1.807) is 6.20 Å². The summed E-state index contributed by atoms with van der Waals surface area (Å²) in [7, 11) is 0. The van der Waals surface area contributed by atoms with Crippen LogP contribution in [0.25, 0.3) is 0 Å². The molecule has 0 aliphatic carbocycles. The van der Waals surface area contributed by atoms with Crippen molar-refractivity contribution in [2.75, 3.05) is 13.1 Å². The quantitative estimate of drug-likeness (QED) is 0.669. The lowest BCUT2D eigenvalue weighted by molar-refractivity contribution is 0.129. The summed E-state index contributed by atoms with van der Waals surface area (Å²) in [5.41, 5.74) is 0.837. The maximum absolute atomic E-state index is 9.87. The summed E-state index contributed by atoms with van der Waals surface area (Å²) in [4.78, 5) is 0. The van der Waals surface area contributed by atoms with E-state index in [0.717, 1.165) is 25.2 Å². The number of piperidine rings is 1. The molecule has 2 heterocycles. The topological polar surface area (TPSA) is 60.9 Å². The van der Waals surface area contributed by atoms with E-state index >= 15 is 0 Å². The molecule has 1 fully saturated rings. The minimum absolute atomic E-state index is 0.374. The second-order valence-electron chi connectivity index (χ2n) is 3.96. The number of rotatable bonds is 3. The van der Waals surface area contributed by atoms with Gasteiger partial charge in [0.25, 0.3) is 0 Å². The second kappa shape index (κ2) is 4.57. The van der Waals surface area contributed by atoms with Crippen LogP contribution >= 0.6 is 0 Å². The van der Waals surface area contributed by atoms with Gasteiger partial charge in [-0.05, 0) is 44.3 Å². The Morgan fingerprint density at radius 3 is 2.93 bits per heavy atom. The number of aromatic amines is 1. The Bertz CT molecular complexity index is 254. The monoisotopic (exact) mass is 195 g/mol. The zero-order valence-corrected chi connectivity index (χ0v) is 8.24. The van der Waals surface area contributed by atoms with Crippen LogP contribution < -0.4 is 5.32 Å². The van der Waals surface area contributed by atoms with Gasteiger partial charge in [0.05, 0.1) is 11.8 Å². The van der Waals surface area contributed by atoms with Gasteiger partial charge in [0.15, 0.2) is 0 Å². The van der Waals surface area contributed by atoms with Crippen molar-refractivity contribution in [3.63, 3.8) is 0 Å². The van der Waals surface area contributed by atoms with Crippen molar-refractivity contribution in [2.24, 2.45) is 5.92 Å². The van der Waals surface area contributed by atoms with Gasteiger partial charge in [-0.25, -0.2) is 0 Å². The molecule has 4 heteroatoms. The lowest BCUT2D eigenvalue weighted by Crippen LogP contribution is -2.28. The number of nitrogens with one attached hydrogen (secondary N) is 2. The second-order valence-corrected chi connectivity index (χ2v) is 3.96. The fourth-order valence-corrected chi connectivity index (χ4v) is 2.01. The molecule has 1 aromatic heterocycles. The molecule has 0 bridgehead atoms. The molecule has 1 atom stereocenters. The van der Waals surface area contributed by atoms with Gasteiger partial charge < -0.3 is 10.4 Å². The molecule has 0 radical (unpaired) electrons. The smallest absolute Gasteiger partial charge is 0.0956 e. The van der Waals surface area contributed by atoms with Gasteiger partial charge in [-0.1, -0.05) is 0 Å². The Kier molecular flexibility index (Phi) is 3.16. The number of hydrogen-bond donors (Lipinski definition) is 3. The fraction of sp³-hybridized carbons (Fsp3) is 0.700. The van der Waals surface area contributed by atoms with Crippen molar-refractivity contribution in [3.05, 3.63) is 18.0 Å². The average Bonchev–Trinajstić information content (AvgIpc) is 2.72. The number of aromatic nitrogens is 2. The lowest BCUT2D eigenvalue weighted by Gasteiger charge is -2.24. The van der Waals surface area contributed by atoms with Gasteiger partial charge in [0.2, 0.25) is 0 Å². The molecule has 14 heavy (non-hydrogen) atoms. The molecule has 0 aromatic carbocycles. The van der Waals surface area contributed by atoms with E-state index in [1.165, 1.54) is 12.8 Å². The molecule has 1 aliphatic heterocycles. The highest BCUT2D eigenvalue weighted by molar-refractivity contribution is 5.01. The van der Waals surface area contributed by atoms with Gasteiger partial charge in [-0.15, -0.1) is 0 Å². The van der Waals surface area contributed by atoms with E-state index in [0.29, 0.717) is 5.92 Å². The van der Waals surface area contributed by atoms with Gasteiger partial charge in [-0.3, -0.25) is 5.10 Å². The number of aliphatic hydroxyl groups is 1. The summed E-state index contributed by atoms with van der Waals surface area (Å²) in [5.74, 6) is 0.648. The highest BCUT2D eigenvalue weighted by Gasteiger charge is 2.18. The number of H-pyrrole nitrogens is 1. The van der Waals surface area contributed by atoms with E-state index in [4.69, 9.17) is 0 Å². The van der Waals surface area contributed by atoms with Gasteiger partial charge >= 0.3 is 0 Å². The van der Waals surface area contributed by atoms with Crippen LogP contribution in [0.3, 0.4) is 0 Å². The molecule has 0 amide bonds. The van der Waals surface area contributed by atoms with Gasteiger partial charge in [-0.2, -0.15) is 5.10 Å². The Labute approximate surface area is 83.7 Å². The largest absolute Gasteiger partial charge is 0.387 e. The van der Waals surface area contributed by atoms with E-state index < -0.39 is 0 Å². The van der Waals surface area contributed by atoms with E-state index in [2.05, 4.69) is 15.5 Å². The molecule has 0 saturated carbocycles. The van der Waals surface area contributed by atoms with Crippen LogP contribution in [0, 0.1) is 5.92 Å². The van der Waals surface area contributed by atoms with Crippen LogP contribution in [0.15, 0.2) is 12.3 Å². The van der Waals surface area contributed by atoms with Crippen molar-refractivity contribution in [1.82, 2.24) is 15.5 Å². The van der Waals surface area contributed by atoms with Crippen LogP contribution in [-0.2, 0) is 0 Å². The van der Waals surface area contributed by atoms with Crippen molar-refractivity contribution in [1.29, 1.82) is 0 Å². The minimum atomic E-state index is -0.374. The molecule has 2 rings (SSSR count).